The van der Waals surface area contributed by atoms with Crippen LogP contribution in [0.2, 0.25) is 0 Å². The van der Waals surface area contributed by atoms with Gasteiger partial charge in [-0.05, 0) is 37.3 Å². The first-order valence-corrected chi connectivity index (χ1v) is 6.81. The number of amides is 2. The third kappa shape index (κ3) is 3.96. The van der Waals surface area contributed by atoms with Crippen molar-refractivity contribution in [2.45, 2.75) is 38.3 Å². The van der Waals surface area contributed by atoms with Crippen LogP contribution >= 0.6 is 0 Å². The Hall–Kier alpha value is -1.55. The maximum Gasteiger partial charge on any atom is 0.315 e. The van der Waals surface area contributed by atoms with Crippen molar-refractivity contribution in [3.63, 3.8) is 0 Å². The highest BCUT2D eigenvalue weighted by atomic mass is 16.5. The van der Waals surface area contributed by atoms with E-state index in [1.807, 2.05) is 19.1 Å². The van der Waals surface area contributed by atoms with Crippen molar-refractivity contribution in [3.05, 3.63) is 35.4 Å². The first-order chi connectivity index (χ1) is 9.19. The van der Waals surface area contributed by atoms with E-state index in [1.54, 1.807) is 7.11 Å². The molecule has 2 N–H and O–H groups in total. The first kappa shape index (κ1) is 13.9. The fourth-order valence-corrected chi connectivity index (χ4v) is 2.48. The summed E-state index contributed by atoms with van der Waals surface area (Å²) >= 11 is 0. The lowest BCUT2D eigenvalue weighted by Gasteiger charge is -2.17. The highest BCUT2D eigenvalue weighted by Gasteiger charge is 2.22. The molecule has 0 aliphatic heterocycles. The average Bonchev–Trinajstić information content (AvgIpc) is 2.78. The Morgan fingerprint density at radius 3 is 2.58 bits per heavy atom. The summed E-state index contributed by atoms with van der Waals surface area (Å²) in [6.07, 6.45) is 2.68. The number of fused-ring (bicyclic) bond motifs is 1. The van der Waals surface area contributed by atoms with Crippen molar-refractivity contribution in [1.29, 1.82) is 0 Å². The molecule has 0 heterocycles. The molecule has 1 unspecified atom stereocenters. The summed E-state index contributed by atoms with van der Waals surface area (Å²) in [5.74, 6) is 0. The van der Waals surface area contributed by atoms with Crippen molar-refractivity contribution in [2.24, 2.45) is 0 Å². The smallest absolute Gasteiger partial charge is 0.315 e. The number of carbonyl (C=O) groups excluding carboxylic acids is 1. The number of hydrogen-bond donors (Lipinski definition) is 2. The van der Waals surface area contributed by atoms with Crippen LogP contribution in [0.25, 0.3) is 0 Å². The van der Waals surface area contributed by atoms with Gasteiger partial charge in [-0.15, -0.1) is 0 Å². The lowest BCUT2D eigenvalue weighted by atomic mass is 10.1. The van der Waals surface area contributed by atoms with Crippen LogP contribution in [0.1, 0.15) is 24.5 Å². The van der Waals surface area contributed by atoms with E-state index in [4.69, 9.17) is 4.74 Å². The van der Waals surface area contributed by atoms with Crippen molar-refractivity contribution >= 4 is 6.03 Å². The van der Waals surface area contributed by atoms with Crippen LogP contribution in [-0.2, 0) is 17.6 Å². The summed E-state index contributed by atoms with van der Waals surface area (Å²) in [6.45, 7) is 2.65. The van der Waals surface area contributed by atoms with Gasteiger partial charge >= 0.3 is 6.03 Å². The molecule has 2 amide bonds. The van der Waals surface area contributed by atoms with E-state index in [9.17, 15) is 4.79 Å². The largest absolute Gasteiger partial charge is 0.385 e. The summed E-state index contributed by atoms with van der Waals surface area (Å²) in [5, 5.41) is 5.98. The zero-order valence-corrected chi connectivity index (χ0v) is 11.6. The van der Waals surface area contributed by atoms with Crippen LogP contribution in [0.3, 0.4) is 0 Å². The fraction of sp³-hybridized carbons (Fsp3) is 0.533. The minimum atomic E-state index is -0.0820. The predicted molar refractivity (Wildman–Crippen MR) is 75.3 cm³/mol. The van der Waals surface area contributed by atoms with Gasteiger partial charge in [0.15, 0.2) is 0 Å². The number of benzene rings is 1. The van der Waals surface area contributed by atoms with Gasteiger partial charge in [0.1, 0.15) is 0 Å². The Bertz CT molecular complexity index is 409. The van der Waals surface area contributed by atoms with Crippen LogP contribution in [0.4, 0.5) is 4.79 Å². The molecule has 1 aromatic carbocycles. The fourth-order valence-electron chi connectivity index (χ4n) is 2.48. The molecule has 1 aliphatic rings. The molecule has 4 heteroatoms. The summed E-state index contributed by atoms with van der Waals surface area (Å²) in [7, 11) is 1.67. The molecule has 0 fully saturated rings. The molecule has 1 aromatic rings. The molecule has 19 heavy (non-hydrogen) atoms. The Morgan fingerprint density at radius 2 is 2.00 bits per heavy atom. The molecule has 0 bridgehead atoms. The van der Waals surface area contributed by atoms with Crippen LogP contribution in [0.15, 0.2) is 24.3 Å². The number of rotatable bonds is 5. The first-order valence-electron chi connectivity index (χ1n) is 6.81. The molecule has 1 atom stereocenters. The number of nitrogens with one attached hydrogen (secondary N) is 2. The summed E-state index contributed by atoms with van der Waals surface area (Å²) < 4.78 is 5.00. The van der Waals surface area contributed by atoms with Crippen LogP contribution < -0.4 is 10.6 Å². The third-order valence-electron chi connectivity index (χ3n) is 3.52. The van der Waals surface area contributed by atoms with Gasteiger partial charge in [0.2, 0.25) is 0 Å². The van der Waals surface area contributed by atoms with E-state index in [1.165, 1.54) is 11.1 Å². The van der Waals surface area contributed by atoms with Gasteiger partial charge in [0.05, 0.1) is 0 Å². The molecule has 0 saturated carbocycles. The van der Waals surface area contributed by atoms with E-state index in [0.29, 0.717) is 6.61 Å². The number of carbonyl (C=O) groups is 1. The minimum absolute atomic E-state index is 0.0820. The average molecular weight is 262 g/mol. The number of ether oxygens (including phenoxy) is 1. The van der Waals surface area contributed by atoms with Crippen molar-refractivity contribution < 1.29 is 9.53 Å². The number of urea groups is 1. The van der Waals surface area contributed by atoms with E-state index < -0.39 is 0 Å². The molecule has 0 aromatic heterocycles. The molecular formula is C15H22N2O2. The monoisotopic (exact) mass is 262 g/mol. The Kier molecular flexibility index (Phi) is 4.80. The van der Waals surface area contributed by atoms with E-state index in [-0.39, 0.29) is 18.1 Å². The minimum Gasteiger partial charge on any atom is -0.385 e. The normalized spacial score (nSPS) is 15.9. The lowest BCUT2D eigenvalue weighted by Crippen LogP contribution is -2.46. The molecule has 0 saturated heterocycles. The van der Waals surface area contributed by atoms with Gasteiger partial charge in [-0.25, -0.2) is 4.79 Å². The highest BCUT2D eigenvalue weighted by Crippen LogP contribution is 2.21. The van der Waals surface area contributed by atoms with Gasteiger partial charge in [0.25, 0.3) is 0 Å². The van der Waals surface area contributed by atoms with E-state index >= 15 is 0 Å². The zero-order chi connectivity index (χ0) is 13.7. The second-order valence-electron chi connectivity index (χ2n) is 5.17. The third-order valence-corrected chi connectivity index (χ3v) is 3.52. The molecule has 0 radical (unpaired) electrons. The van der Waals surface area contributed by atoms with Crippen molar-refractivity contribution in [3.8, 4) is 0 Å². The van der Waals surface area contributed by atoms with Gasteiger partial charge in [-0.2, -0.15) is 0 Å². The maximum absolute atomic E-state index is 11.9. The lowest BCUT2D eigenvalue weighted by molar-refractivity contribution is 0.183. The molecular weight excluding hydrogens is 240 g/mol. The molecule has 1 aliphatic carbocycles. The van der Waals surface area contributed by atoms with Crippen LogP contribution in [0.5, 0.6) is 0 Å². The molecule has 4 nitrogen and oxygen atoms in total. The molecule has 2 rings (SSSR count). The van der Waals surface area contributed by atoms with Gasteiger partial charge in [-0.3, -0.25) is 0 Å². The molecule has 104 valence electrons. The van der Waals surface area contributed by atoms with Gasteiger partial charge in [0, 0.05) is 25.8 Å². The summed E-state index contributed by atoms with van der Waals surface area (Å²) in [4.78, 5) is 11.9. The Balaban J connectivity index is 1.76. The summed E-state index contributed by atoms with van der Waals surface area (Å²) in [5.41, 5.74) is 2.69. The van der Waals surface area contributed by atoms with E-state index in [0.717, 1.165) is 19.3 Å². The van der Waals surface area contributed by atoms with Crippen molar-refractivity contribution in [2.75, 3.05) is 13.7 Å². The van der Waals surface area contributed by atoms with Gasteiger partial charge in [-0.1, -0.05) is 24.3 Å². The highest BCUT2D eigenvalue weighted by molar-refractivity contribution is 5.74. The Morgan fingerprint density at radius 1 is 1.37 bits per heavy atom. The quantitative estimate of drug-likeness (QED) is 0.851. The topological polar surface area (TPSA) is 50.4 Å². The maximum atomic E-state index is 11.9. The zero-order valence-electron chi connectivity index (χ0n) is 11.6. The number of hydrogen-bond acceptors (Lipinski definition) is 2. The second kappa shape index (κ2) is 6.57. The van der Waals surface area contributed by atoms with E-state index in [2.05, 4.69) is 22.8 Å². The standard InChI is InChI=1S/C15H22N2O2/c1-11(7-8-19-2)16-15(18)17-14-9-12-5-3-4-6-13(12)10-14/h3-6,11,14H,7-10H2,1-2H3,(H2,16,17,18). The van der Waals surface area contributed by atoms with Gasteiger partial charge < -0.3 is 15.4 Å². The second-order valence-corrected chi connectivity index (χ2v) is 5.17. The predicted octanol–water partition coefficient (Wildman–Crippen LogP) is 1.88. The Labute approximate surface area is 114 Å². The number of methoxy groups -OCH3 is 1. The van der Waals surface area contributed by atoms with Crippen LogP contribution in [-0.4, -0.2) is 31.8 Å². The molecule has 0 spiro atoms. The SMILES string of the molecule is COCCC(C)NC(=O)NC1Cc2ccccc2C1. The summed E-state index contributed by atoms with van der Waals surface area (Å²) in [6, 6.07) is 8.63. The van der Waals surface area contributed by atoms with Crippen molar-refractivity contribution in [1.82, 2.24) is 10.6 Å². The van der Waals surface area contributed by atoms with Crippen LogP contribution in [0, 0.1) is 0 Å².